The number of halogens is 5. The molecule has 8 nitrogen and oxygen atoms in total. The minimum Gasteiger partial charge on any atom is -0.444 e. The lowest BCUT2D eigenvalue weighted by Crippen LogP contribution is -2.48. The third kappa shape index (κ3) is 9.32. The molecule has 1 aliphatic heterocycles. The molecule has 1 N–H and O–H groups in total. The summed E-state index contributed by atoms with van der Waals surface area (Å²) in [6.45, 7) is 6.84. The van der Waals surface area contributed by atoms with Crippen LogP contribution in [0.4, 0.5) is 18.0 Å². The highest BCUT2D eigenvalue weighted by Gasteiger charge is 2.38. The maximum Gasteiger partial charge on any atom is 0.416 e. The van der Waals surface area contributed by atoms with Crippen molar-refractivity contribution in [1.29, 1.82) is 0 Å². The molecule has 2 aromatic carbocycles. The van der Waals surface area contributed by atoms with E-state index in [-0.39, 0.29) is 22.6 Å². The molecule has 0 spiro atoms. The number of nitrogens with zero attached hydrogens (tertiary/aromatic N) is 2. The number of ether oxygens (including phenoxy) is 1. The summed E-state index contributed by atoms with van der Waals surface area (Å²) in [5.74, 6) is -1.52. The zero-order chi connectivity index (χ0) is 31.5. The Balaban J connectivity index is 1.91. The van der Waals surface area contributed by atoms with Crippen molar-refractivity contribution in [3.63, 3.8) is 0 Å². The third-order valence-corrected chi connectivity index (χ3v) is 9.14. The number of hydrogen-bond donors (Lipinski definition) is 1. The van der Waals surface area contributed by atoms with Gasteiger partial charge in [0.2, 0.25) is 10.0 Å². The predicted molar refractivity (Wildman–Crippen MR) is 158 cm³/mol. The molecule has 1 atom stereocenters. The number of sulfonamides is 1. The fraction of sp³-hybridized carbons (Fsp3) is 0.500. The van der Waals surface area contributed by atoms with Crippen molar-refractivity contribution in [2.45, 2.75) is 71.4 Å². The van der Waals surface area contributed by atoms with Gasteiger partial charge in [0.15, 0.2) is 0 Å². The van der Waals surface area contributed by atoms with Crippen molar-refractivity contribution < 1.29 is 35.9 Å². The van der Waals surface area contributed by atoms with E-state index >= 15 is 0 Å². The number of carbonyl (C=O) groups is 2. The summed E-state index contributed by atoms with van der Waals surface area (Å²) in [7, 11) is -4.15. The second-order valence-electron chi connectivity index (χ2n) is 11.0. The van der Waals surface area contributed by atoms with Crippen LogP contribution in [0.15, 0.2) is 40.9 Å². The first-order valence-electron chi connectivity index (χ1n) is 13.3. The summed E-state index contributed by atoms with van der Waals surface area (Å²) in [6.07, 6.45) is -4.15. The van der Waals surface area contributed by atoms with Gasteiger partial charge in [0.25, 0.3) is 5.91 Å². The lowest BCUT2D eigenvalue weighted by atomic mass is 10.00. The Bertz CT molecular complexity index is 1420. The van der Waals surface area contributed by atoms with Crippen LogP contribution in [-0.4, -0.2) is 60.1 Å². The van der Waals surface area contributed by atoms with E-state index < -0.39 is 57.2 Å². The first kappa shape index (κ1) is 34.1. The van der Waals surface area contributed by atoms with Crippen LogP contribution in [-0.2, 0) is 34.0 Å². The van der Waals surface area contributed by atoms with Gasteiger partial charge in [-0.15, -0.1) is 0 Å². The molecule has 0 bridgehead atoms. The van der Waals surface area contributed by atoms with Gasteiger partial charge >= 0.3 is 12.3 Å². The number of alkyl halides is 3. The van der Waals surface area contributed by atoms with Crippen LogP contribution >= 0.6 is 27.5 Å². The molecule has 42 heavy (non-hydrogen) atoms. The van der Waals surface area contributed by atoms with Gasteiger partial charge in [-0.05, 0) is 82.5 Å². The van der Waals surface area contributed by atoms with Crippen LogP contribution < -0.4 is 5.32 Å². The molecule has 1 saturated heterocycles. The quantitative estimate of drug-likeness (QED) is 0.334. The zero-order valence-corrected chi connectivity index (χ0v) is 26.9. The minimum absolute atomic E-state index is 0.0134. The van der Waals surface area contributed by atoms with Gasteiger partial charge in [0.05, 0.1) is 17.9 Å². The second-order valence-corrected chi connectivity index (χ2v) is 14.5. The number of amides is 2. The van der Waals surface area contributed by atoms with Gasteiger partial charge in [-0.25, -0.2) is 17.5 Å². The molecule has 1 fully saturated rings. The molecule has 2 aromatic rings. The molecule has 232 valence electrons. The van der Waals surface area contributed by atoms with Crippen LogP contribution in [0.3, 0.4) is 0 Å². The van der Waals surface area contributed by atoms with E-state index in [4.69, 9.17) is 16.3 Å². The Morgan fingerprint density at radius 2 is 1.88 bits per heavy atom. The molecule has 1 aliphatic rings. The smallest absolute Gasteiger partial charge is 0.416 e. The van der Waals surface area contributed by atoms with Crippen molar-refractivity contribution in [1.82, 2.24) is 14.5 Å². The Morgan fingerprint density at radius 3 is 2.48 bits per heavy atom. The van der Waals surface area contributed by atoms with Gasteiger partial charge in [-0.2, -0.15) is 13.2 Å². The molecular formula is C28H34BrClF3N3O5S. The highest BCUT2D eigenvalue weighted by Crippen LogP contribution is 2.38. The van der Waals surface area contributed by atoms with Crippen molar-refractivity contribution in [3.05, 3.63) is 68.1 Å². The SMILES string of the molecule is CCS(=O)(=O)N(Cc1cccc(Cl)c1)C(=O)c1cc(Br)c(CN2CCCC(NC(=O)OC(C)(C)C)C2)c(C(F)(F)F)c1. The lowest BCUT2D eigenvalue weighted by Gasteiger charge is -2.34. The van der Waals surface area contributed by atoms with E-state index in [1.54, 1.807) is 43.9 Å². The maximum atomic E-state index is 14.4. The number of benzene rings is 2. The Morgan fingerprint density at radius 1 is 1.19 bits per heavy atom. The maximum absolute atomic E-state index is 14.4. The van der Waals surface area contributed by atoms with E-state index in [1.807, 2.05) is 0 Å². The largest absolute Gasteiger partial charge is 0.444 e. The number of rotatable bonds is 8. The number of piperidine rings is 1. The van der Waals surface area contributed by atoms with Gasteiger partial charge in [0.1, 0.15) is 5.60 Å². The standard InChI is InChI=1S/C28H34BrClF3N3O5S/c1-5-42(39,40)36(15-18-8-6-9-20(30)12-18)25(37)19-13-23(28(31,32)33)22(24(29)14-19)17-35-11-7-10-21(16-35)34-26(38)41-27(2,3)4/h6,8-9,12-14,21H,5,7,10-11,15-17H2,1-4H3,(H,34,38). The molecular weight excluding hydrogens is 663 g/mol. The third-order valence-electron chi connectivity index (χ3n) is 6.50. The summed E-state index contributed by atoms with van der Waals surface area (Å²) >= 11 is 9.22. The first-order valence-corrected chi connectivity index (χ1v) is 16.1. The molecule has 14 heteroatoms. The van der Waals surface area contributed by atoms with Crippen LogP contribution in [0.5, 0.6) is 0 Å². The van der Waals surface area contributed by atoms with Gasteiger partial charge < -0.3 is 10.1 Å². The van der Waals surface area contributed by atoms with Crippen molar-refractivity contribution in [3.8, 4) is 0 Å². The summed E-state index contributed by atoms with van der Waals surface area (Å²) in [4.78, 5) is 27.5. The molecule has 1 unspecified atom stereocenters. The average Bonchev–Trinajstić information content (AvgIpc) is 2.86. The highest BCUT2D eigenvalue weighted by atomic mass is 79.9. The fourth-order valence-electron chi connectivity index (χ4n) is 4.59. The fourth-order valence-corrected chi connectivity index (χ4v) is 6.40. The van der Waals surface area contributed by atoms with E-state index in [1.165, 1.54) is 19.1 Å². The summed E-state index contributed by atoms with van der Waals surface area (Å²) < 4.78 is 74.7. The van der Waals surface area contributed by atoms with Crippen LogP contribution in [0.25, 0.3) is 0 Å². The van der Waals surface area contributed by atoms with Gasteiger partial charge in [-0.1, -0.05) is 39.7 Å². The Labute approximate surface area is 257 Å². The van der Waals surface area contributed by atoms with E-state index in [9.17, 15) is 31.2 Å². The average molecular weight is 697 g/mol. The number of alkyl carbamates (subject to hydrolysis) is 1. The van der Waals surface area contributed by atoms with E-state index in [0.29, 0.717) is 46.9 Å². The van der Waals surface area contributed by atoms with Crippen LogP contribution in [0, 0.1) is 0 Å². The molecule has 2 amide bonds. The minimum atomic E-state index is -4.83. The lowest BCUT2D eigenvalue weighted by molar-refractivity contribution is -0.138. The summed E-state index contributed by atoms with van der Waals surface area (Å²) in [6, 6.07) is 7.80. The number of carbonyl (C=O) groups excluding carboxylic acids is 2. The molecule has 0 aromatic heterocycles. The second kappa shape index (κ2) is 13.5. The van der Waals surface area contributed by atoms with E-state index in [2.05, 4.69) is 21.2 Å². The molecule has 0 aliphatic carbocycles. The molecule has 0 saturated carbocycles. The summed E-state index contributed by atoms with van der Waals surface area (Å²) in [5.41, 5.74) is -1.88. The van der Waals surface area contributed by atoms with Crippen molar-refractivity contribution >= 4 is 49.6 Å². The van der Waals surface area contributed by atoms with Gasteiger partial charge in [-0.3, -0.25) is 9.69 Å². The number of hydrogen-bond acceptors (Lipinski definition) is 6. The van der Waals surface area contributed by atoms with Crippen molar-refractivity contribution in [2.24, 2.45) is 0 Å². The Kier molecular flexibility index (Phi) is 11.0. The predicted octanol–water partition coefficient (Wildman–Crippen LogP) is 6.60. The first-order chi connectivity index (χ1) is 19.4. The highest BCUT2D eigenvalue weighted by molar-refractivity contribution is 9.10. The zero-order valence-electron chi connectivity index (χ0n) is 23.7. The number of nitrogens with one attached hydrogen (secondary N) is 1. The normalized spacial score (nSPS) is 16.6. The van der Waals surface area contributed by atoms with Gasteiger partial charge in [0, 0.05) is 34.2 Å². The van der Waals surface area contributed by atoms with E-state index in [0.717, 1.165) is 0 Å². The number of likely N-dealkylation sites (tertiary alicyclic amines) is 1. The molecule has 3 rings (SSSR count). The topological polar surface area (TPSA) is 96.0 Å². The molecule has 1 heterocycles. The Hall–Kier alpha value is -2.35. The van der Waals surface area contributed by atoms with Crippen LogP contribution in [0.1, 0.15) is 67.6 Å². The monoisotopic (exact) mass is 695 g/mol. The van der Waals surface area contributed by atoms with Crippen LogP contribution in [0.2, 0.25) is 5.02 Å². The van der Waals surface area contributed by atoms with Crippen molar-refractivity contribution in [2.75, 3.05) is 18.8 Å². The summed E-state index contributed by atoms with van der Waals surface area (Å²) in [5, 5.41) is 3.10. The molecule has 0 radical (unpaired) electrons.